The molecule has 142 valence electrons. The third kappa shape index (κ3) is 4.91. The molecule has 0 bridgehead atoms. The molecule has 6 nitrogen and oxygen atoms in total. The zero-order valence-electron chi connectivity index (χ0n) is 14.9. The van der Waals surface area contributed by atoms with Crippen LogP contribution in [0.1, 0.15) is 18.4 Å². The molecule has 1 saturated heterocycles. The molecule has 3 rings (SSSR count). The van der Waals surface area contributed by atoms with E-state index in [1.165, 1.54) is 36.4 Å². The summed E-state index contributed by atoms with van der Waals surface area (Å²) in [5, 5.41) is 2.66. The highest BCUT2D eigenvalue weighted by Gasteiger charge is 2.20. The van der Waals surface area contributed by atoms with Gasteiger partial charge in [-0.2, -0.15) is 8.42 Å². The highest BCUT2D eigenvalue weighted by Crippen LogP contribution is 2.20. The third-order valence-electron chi connectivity index (χ3n) is 4.25. The number of carbonyl (C=O) groups is 1. The van der Waals surface area contributed by atoms with Gasteiger partial charge in [0.15, 0.2) is 0 Å². The van der Waals surface area contributed by atoms with E-state index in [9.17, 15) is 17.6 Å². The molecular formula is C19H20FN3O3S. The lowest BCUT2D eigenvalue weighted by atomic mass is 10.1. The minimum absolute atomic E-state index is 0.0230. The normalized spacial score (nSPS) is 15.9. The molecule has 8 heteroatoms. The minimum Gasteiger partial charge on any atom is -0.362 e. The molecule has 1 aliphatic heterocycles. The van der Waals surface area contributed by atoms with Crippen LogP contribution in [0.4, 0.5) is 10.1 Å². The van der Waals surface area contributed by atoms with Gasteiger partial charge < -0.3 is 10.2 Å². The topological polar surface area (TPSA) is 78.8 Å². The monoisotopic (exact) mass is 389 g/mol. The number of anilines is 1. The maximum atomic E-state index is 12.9. The number of hydrogen-bond donors (Lipinski definition) is 1. The average Bonchev–Trinajstić information content (AvgIpc) is 3.01. The molecule has 1 heterocycles. The van der Waals surface area contributed by atoms with Gasteiger partial charge in [0.05, 0.1) is 11.3 Å². The first-order valence-electron chi connectivity index (χ1n) is 8.53. The number of halogens is 1. The summed E-state index contributed by atoms with van der Waals surface area (Å²) in [6, 6.07) is 11.6. The number of rotatable bonds is 5. The summed E-state index contributed by atoms with van der Waals surface area (Å²) in [6.07, 6.45) is 1.57. The summed E-state index contributed by atoms with van der Waals surface area (Å²) in [5.74, 6) is -0.148. The van der Waals surface area contributed by atoms with E-state index in [1.54, 1.807) is 12.1 Å². The van der Waals surface area contributed by atoms with Crippen LogP contribution in [-0.2, 0) is 21.2 Å². The van der Waals surface area contributed by atoms with Crippen molar-refractivity contribution in [2.75, 3.05) is 18.9 Å². The van der Waals surface area contributed by atoms with E-state index in [4.69, 9.17) is 0 Å². The predicted octanol–water partition coefficient (Wildman–Crippen LogP) is 2.82. The molecule has 2 aromatic carbocycles. The number of amides is 1. The Labute approximate surface area is 157 Å². The Morgan fingerprint density at radius 2 is 1.96 bits per heavy atom. The van der Waals surface area contributed by atoms with Crippen LogP contribution in [0, 0.1) is 5.82 Å². The molecule has 0 aromatic heterocycles. The van der Waals surface area contributed by atoms with Crippen molar-refractivity contribution in [2.45, 2.75) is 24.2 Å². The van der Waals surface area contributed by atoms with Crippen LogP contribution < -0.4 is 5.32 Å². The standard InChI is InChI=1S/C19H20FN3O3S/c1-23-11-3-6-18(23)22-27(25,26)17-5-2-4-16(13-17)21-19(24)12-14-7-9-15(20)10-8-14/h2,4-5,7-10,13H,3,6,11-12H2,1H3,(H,21,24)/b22-18-. The Morgan fingerprint density at radius 3 is 2.63 bits per heavy atom. The van der Waals surface area contributed by atoms with Gasteiger partial charge in [0, 0.05) is 25.7 Å². The first-order valence-corrected chi connectivity index (χ1v) is 9.97. The van der Waals surface area contributed by atoms with Gasteiger partial charge >= 0.3 is 0 Å². The second-order valence-corrected chi connectivity index (χ2v) is 7.99. The van der Waals surface area contributed by atoms with Crippen LogP contribution >= 0.6 is 0 Å². The van der Waals surface area contributed by atoms with E-state index in [1.807, 2.05) is 11.9 Å². The molecule has 0 aliphatic carbocycles. The van der Waals surface area contributed by atoms with Gasteiger partial charge in [0.1, 0.15) is 11.7 Å². The Morgan fingerprint density at radius 1 is 1.22 bits per heavy atom. The zero-order chi connectivity index (χ0) is 19.4. The van der Waals surface area contributed by atoms with Gasteiger partial charge in [-0.25, -0.2) is 4.39 Å². The maximum Gasteiger partial charge on any atom is 0.284 e. The van der Waals surface area contributed by atoms with Gasteiger partial charge in [-0.05, 0) is 42.3 Å². The molecule has 27 heavy (non-hydrogen) atoms. The van der Waals surface area contributed by atoms with Crippen LogP contribution in [0.5, 0.6) is 0 Å². The summed E-state index contributed by atoms with van der Waals surface area (Å²) in [6.45, 7) is 0.786. The molecule has 0 radical (unpaired) electrons. The summed E-state index contributed by atoms with van der Waals surface area (Å²) in [7, 11) is -2.03. The summed E-state index contributed by atoms with van der Waals surface area (Å²) < 4.78 is 41.9. The lowest BCUT2D eigenvalue weighted by Gasteiger charge is -2.11. The Kier molecular flexibility index (Phi) is 5.55. The fourth-order valence-electron chi connectivity index (χ4n) is 2.83. The van der Waals surface area contributed by atoms with E-state index in [0.717, 1.165) is 13.0 Å². The van der Waals surface area contributed by atoms with Crippen LogP contribution in [-0.4, -0.2) is 38.7 Å². The lowest BCUT2D eigenvalue weighted by molar-refractivity contribution is -0.115. The zero-order valence-corrected chi connectivity index (χ0v) is 15.7. The second-order valence-electron chi connectivity index (χ2n) is 6.39. The molecule has 1 amide bonds. The van der Waals surface area contributed by atoms with Crippen LogP contribution in [0.25, 0.3) is 0 Å². The Bertz CT molecular complexity index is 972. The first kappa shape index (κ1) is 19.0. The fraction of sp³-hybridized carbons (Fsp3) is 0.263. The molecular weight excluding hydrogens is 369 g/mol. The highest BCUT2D eigenvalue weighted by atomic mass is 32.2. The van der Waals surface area contributed by atoms with Crippen molar-refractivity contribution >= 4 is 27.5 Å². The molecule has 1 N–H and O–H groups in total. The van der Waals surface area contributed by atoms with E-state index < -0.39 is 10.0 Å². The smallest absolute Gasteiger partial charge is 0.284 e. The van der Waals surface area contributed by atoms with Crippen molar-refractivity contribution in [1.29, 1.82) is 0 Å². The summed E-state index contributed by atoms with van der Waals surface area (Å²) in [4.78, 5) is 14.0. The quantitative estimate of drug-likeness (QED) is 0.853. The largest absolute Gasteiger partial charge is 0.362 e. The number of nitrogens with zero attached hydrogens (tertiary/aromatic N) is 2. The first-order chi connectivity index (χ1) is 12.8. The van der Waals surface area contributed by atoms with Crippen molar-refractivity contribution in [2.24, 2.45) is 4.40 Å². The van der Waals surface area contributed by atoms with E-state index in [0.29, 0.717) is 23.5 Å². The van der Waals surface area contributed by atoms with Gasteiger partial charge in [-0.15, -0.1) is 4.40 Å². The third-order valence-corrected chi connectivity index (χ3v) is 5.55. The van der Waals surface area contributed by atoms with Crippen molar-refractivity contribution in [3.8, 4) is 0 Å². The SMILES string of the molecule is CN1CCC/C1=N/S(=O)(=O)c1cccc(NC(=O)Cc2ccc(F)cc2)c1. The molecule has 2 aromatic rings. The number of benzene rings is 2. The van der Waals surface area contributed by atoms with Gasteiger partial charge in [0.2, 0.25) is 5.91 Å². The number of nitrogens with one attached hydrogen (secondary N) is 1. The highest BCUT2D eigenvalue weighted by molar-refractivity contribution is 7.90. The maximum absolute atomic E-state index is 12.9. The number of amidine groups is 1. The molecule has 0 atom stereocenters. The molecule has 0 spiro atoms. The van der Waals surface area contributed by atoms with Gasteiger partial charge in [-0.1, -0.05) is 18.2 Å². The Hall–Kier alpha value is -2.74. The fourth-order valence-corrected chi connectivity index (χ4v) is 3.97. The average molecular weight is 389 g/mol. The van der Waals surface area contributed by atoms with Crippen LogP contribution in [0.2, 0.25) is 0 Å². The van der Waals surface area contributed by atoms with E-state index >= 15 is 0 Å². The summed E-state index contributed by atoms with van der Waals surface area (Å²) >= 11 is 0. The number of carbonyl (C=O) groups excluding carboxylic acids is 1. The van der Waals surface area contributed by atoms with Crippen molar-refractivity contribution in [3.05, 3.63) is 59.9 Å². The van der Waals surface area contributed by atoms with Crippen LogP contribution in [0.15, 0.2) is 57.8 Å². The van der Waals surface area contributed by atoms with Crippen molar-refractivity contribution in [3.63, 3.8) is 0 Å². The van der Waals surface area contributed by atoms with Crippen molar-refractivity contribution in [1.82, 2.24) is 4.90 Å². The second kappa shape index (κ2) is 7.87. The lowest BCUT2D eigenvalue weighted by Crippen LogP contribution is -2.20. The molecule has 0 saturated carbocycles. The number of likely N-dealkylation sites (tertiary alicyclic amines) is 1. The predicted molar refractivity (Wildman–Crippen MR) is 102 cm³/mol. The van der Waals surface area contributed by atoms with Gasteiger partial charge in [-0.3, -0.25) is 4.79 Å². The van der Waals surface area contributed by atoms with Crippen LogP contribution in [0.3, 0.4) is 0 Å². The van der Waals surface area contributed by atoms with Gasteiger partial charge in [0.25, 0.3) is 10.0 Å². The minimum atomic E-state index is -3.85. The Balaban J connectivity index is 1.73. The molecule has 0 unspecified atom stereocenters. The number of hydrogen-bond acceptors (Lipinski definition) is 3. The van der Waals surface area contributed by atoms with Crippen molar-refractivity contribution < 1.29 is 17.6 Å². The van der Waals surface area contributed by atoms with E-state index in [-0.39, 0.29) is 23.0 Å². The summed E-state index contributed by atoms with van der Waals surface area (Å²) in [5.41, 5.74) is 1.02. The number of sulfonamides is 1. The molecule has 1 aliphatic rings. The van der Waals surface area contributed by atoms with E-state index in [2.05, 4.69) is 9.71 Å². The molecule has 1 fully saturated rings.